The zero-order valence-corrected chi connectivity index (χ0v) is 16.7. The van der Waals surface area contributed by atoms with Crippen molar-refractivity contribution >= 4 is 33.4 Å². The predicted molar refractivity (Wildman–Crippen MR) is 107 cm³/mol. The van der Waals surface area contributed by atoms with Crippen molar-refractivity contribution in [1.29, 1.82) is 0 Å². The van der Waals surface area contributed by atoms with Gasteiger partial charge in [-0.3, -0.25) is 4.79 Å². The molecular weight excluding hydrogens is 382 g/mol. The molecule has 2 amide bonds. The van der Waals surface area contributed by atoms with Gasteiger partial charge in [-0.2, -0.15) is 4.72 Å². The summed E-state index contributed by atoms with van der Waals surface area (Å²) in [6.07, 6.45) is 0. The summed E-state index contributed by atoms with van der Waals surface area (Å²) in [4.78, 5) is 23.6. The maximum Gasteiger partial charge on any atom is 0.323 e. The molecule has 0 unspecified atom stereocenters. The maximum absolute atomic E-state index is 12.3. The second-order valence-corrected chi connectivity index (χ2v) is 8.65. The van der Waals surface area contributed by atoms with Crippen LogP contribution in [0, 0.1) is 0 Å². The van der Waals surface area contributed by atoms with Crippen LogP contribution in [-0.2, 0) is 19.6 Å². The van der Waals surface area contributed by atoms with Crippen LogP contribution < -0.4 is 15.4 Å². The largest absolute Gasteiger partial charge is 0.459 e. The first-order valence-corrected chi connectivity index (χ1v) is 9.98. The number of carbonyl (C=O) groups is 2. The Kier molecular flexibility index (Phi) is 6.76. The van der Waals surface area contributed by atoms with Crippen LogP contribution in [0.5, 0.6) is 0 Å². The van der Waals surface area contributed by atoms with E-state index in [-0.39, 0.29) is 4.90 Å². The minimum Gasteiger partial charge on any atom is -0.459 e. The number of hydrogen-bond donors (Lipinski definition) is 3. The van der Waals surface area contributed by atoms with E-state index in [4.69, 9.17) is 4.74 Å². The highest BCUT2D eigenvalue weighted by atomic mass is 32.2. The van der Waals surface area contributed by atoms with Gasteiger partial charge in [0.15, 0.2) is 0 Å². The molecule has 0 aliphatic carbocycles. The normalized spacial score (nSPS) is 11.5. The second kappa shape index (κ2) is 8.85. The van der Waals surface area contributed by atoms with E-state index < -0.39 is 34.2 Å². The third-order valence-electron chi connectivity index (χ3n) is 3.28. The number of ether oxygens (including phenoxy) is 1. The Hall–Kier alpha value is -2.91. The highest BCUT2D eigenvalue weighted by Gasteiger charge is 2.20. The average molecular weight is 405 g/mol. The van der Waals surface area contributed by atoms with E-state index >= 15 is 0 Å². The zero-order chi connectivity index (χ0) is 20.8. The van der Waals surface area contributed by atoms with Gasteiger partial charge in [0, 0.05) is 11.4 Å². The molecule has 0 saturated heterocycles. The molecule has 0 radical (unpaired) electrons. The lowest BCUT2D eigenvalue weighted by atomic mass is 10.2. The van der Waals surface area contributed by atoms with E-state index in [9.17, 15) is 18.0 Å². The molecule has 0 fully saturated rings. The highest BCUT2D eigenvalue weighted by molar-refractivity contribution is 7.89. The smallest absolute Gasteiger partial charge is 0.323 e. The Balaban J connectivity index is 1.93. The molecule has 0 aliphatic heterocycles. The van der Waals surface area contributed by atoms with Crippen molar-refractivity contribution in [3.8, 4) is 0 Å². The fraction of sp³-hybridized carbons (Fsp3) is 0.263. The Morgan fingerprint density at radius 2 is 1.43 bits per heavy atom. The third kappa shape index (κ3) is 7.01. The van der Waals surface area contributed by atoms with Gasteiger partial charge in [-0.1, -0.05) is 18.2 Å². The predicted octanol–water partition coefficient (Wildman–Crippen LogP) is 2.95. The minimum absolute atomic E-state index is 0.0370. The number of benzene rings is 2. The zero-order valence-electron chi connectivity index (χ0n) is 15.9. The summed E-state index contributed by atoms with van der Waals surface area (Å²) in [6, 6.07) is 14.0. The first-order chi connectivity index (χ1) is 13.0. The van der Waals surface area contributed by atoms with Gasteiger partial charge in [-0.25, -0.2) is 13.2 Å². The lowest BCUT2D eigenvalue weighted by Gasteiger charge is -2.19. The van der Waals surface area contributed by atoms with Crippen molar-refractivity contribution in [2.45, 2.75) is 31.3 Å². The molecule has 2 aromatic carbocycles. The van der Waals surface area contributed by atoms with E-state index in [0.29, 0.717) is 11.4 Å². The van der Waals surface area contributed by atoms with E-state index in [2.05, 4.69) is 15.4 Å². The molecule has 0 atom stereocenters. The number of hydrogen-bond acceptors (Lipinski definition) is 5. The van der Waals surface area contributed by atoms with Gasteiger partial charge in [-0.05, 0) is 57.2 Å². The number of esters is 1. The number of nitrogens with one attached hydrogen (secondary N) is 3. The summed E-state index contributed by atoms with van der Waals surface area (Å²) in [6.45, 7) is 4.61. The third-order valence-corrected chi connectivity index (χ3v) is 4.70. The van der Waals surface area contributed by atoms with Gasteiger partial charge in [0.1, 0.15) is 12.1 Å². The topological polar surface area (TPSA) is 114 Å². The number of sulfonamides is 1. The number of para-hydroxylation sites is 1. The van der Waals surface area contributed by atoms with Crippen LogP contribution in [0.3, 0.4) is 0 Å². The van der Waals surface area contributed by atoms with E-state index in [0.717, 1.165) is 0 Å². The summed E-state index contributed by atoms with van der Waals surface area (Å²) < 4.78 is 31.8. The van der Waals surface area contributed by atoms with Crippen LogP contribution in [0.4, 0.5) is 16.2 Å². The molecule has 0 heterocycles. The SMILES string of the molecule is CC(C)(C)OC(=O)CNS(=O)(=O)c1ccc(NC(=O)Nc2ccccc2)cc1. The molecule has 28 heavy (non-hydrogen) atoms. The molecule has 3 N–H and O–H groups in total. The molecule has 0 bridgehead atoms. The van der Waals surface area contributed by atoms with E-state index in [1.807, 2.05) is 6.07 Å². The molecule has 2 rings (SSSR count). The standard InChI is InChI=1S/C19H23N3O5S/c1-19(2,3)27-17(23)13-20-28(25,26)16-11-9-15(10-12-16)22-18(24)21-14-7-5-4-6-8-14/h4-12,20H,13H2,1-3H3,(H2,21,22,24). The van der Waals surface area contributed by atoms with Gasteiger partial charge in [-0.15, -0.1) is 0 Å². The Bertz CT molecular complexity index is 920. The lowest BCUT2D eigenvalue weighted by Crippen LogP contribution is -2.34. The van der Waals surface area contributed by atoms with Crippen molar-refractivity contribution < 1.29 is 22.7 Å². The molecule has 0 aliphatic rings. The summed E-state index contributed by atoms with van der Waals surface area (Å²) in [5.74, 6) is -0.674. The summed E-state index contributed by atoms with van der Waals surface area (Å²) in [7, 11) is -3.88. The van der Waals surface area contributed by atoms with Crippen molar-refractivity contribution in [2.24, 2.45) is 0 Å². The number of anilines is 2. The number of rotatable bonds is 6. The van der Waals surface area contributed by atoms with Gasteiger partial charge in [0.2, 0.25) is 10.0 Å². The molecular formula is C19H23N3O5S. The van der Waals surface area contributed by atoms with E-state index in [1.165, 1.54) is 24.3 Å². The van der Waals surface area contributed by atoms with Crippen LogP contribution in [-0.4, -0.2) is 32.6 Å². The van der Waals surface area contributed by atoms with Crippen LogP contribution in [0.15, 0.2) is 59.5 Å². The fourth-order valence-electron chi connectivity index (χ4n) is 2.15. The highest BCUT2D eigenvalue weighted by Crippen LogP contribution is 2.15. The molecule has 0 aromatic heterocycles. The fourth-order valence-corrected chi connectivity index (χ4v) is 3.12. The minimum atomic E-state index is -3.88. The maximum atomic E-state index is 12.3. The number of urea groups is 1. The van der Waals surface area contributed by atoms with Gasteiger partial charge in [0.05, 0.1) is 4.90 Å². The molecule has 0 spiro atoms. The average Bonchev–Trinajstić information content (AvgIpc) is 2.60. The summed E-state index contributed by atoms with van der Waals surface area (Å²) in [5.41, 5.74) is 0.348. The molecule has 150 valence electrons. The number of carbonyl (C=O) groups excluding carboxylic acids is 2. The Labute approximate surface area is 164 Å². The van der Waals surface area contributed by atoms with E-state index in [1.54, 1.807) is 45.0 Å². The summed E-state index contributed by atoms with van der Waals surface area (Å²) >= 11 is 0. The van der Waals surface area contributed by atoms with Crippen LogP contribution >= 0.6 is 0 Å². The Morgan fingerprint density at radius 1 is 0.893 bits per heavy atom. The van der Waals surface area contributed by atoms with Crippen molar-refractivity contribution in [3.05, 3.63) is 54.6 Å². The monoisotopic (exact) mass is 405 g/mol. The van der Waals surface area contributed by atoms with Gasteiger partial charge in [0.25, 0.3) is 0 Å². The lowest BCUT2D eigenvalue weighted by molar-refractivity contribution is -0.153. The van der Waals surface area contributed by atoms with Crippen molar-refractivity contribution in [3.63, 3.8) is 0 Å². The molecule has 8 nitrogen and oxygen atoms in total. The van der Waals surface area contributed by atoms with Crippen molar-refractivity contribution in [2.75, 3.05) is 17.2 Å². The summed E-state index contributed by atoms with van der Waals surface area (Å²) in [5, 5.41) is 5.26. The van der Waals surface area contributed by atoms with Crippen LogP contribution in [0.2, 0.25) is 0 Å². The van der Waals surface area contributed by atoms with Gasteiger partial charge >= 0.3 is 12.0 Å². The second-order valence-electron chi connectivity index (χ2n) is 6.88. The van der Waals surface area contributed by atoms with Crippen molar-refractivity contribution in [1.82, 2.24) is 4.72 Å². The molecule has 2 aromatic rings. The van der Waals surface area contributed by atoms with Gasteiger partial charge < -0.3 is 15.4 Å². The molecule has 0 saturated carbocycles. The Morgan fingerprint density at radius 3 is 1.96 bits per heavy atom. The molecule has 9 heteroatoms. The first-order valence-electron chi connectivity index (χ1n) is 8.50. The van der Waals surface area contributed by atoms with Crippen LogP contribution in [0.25, 0.3) is 0 Å². The number of amides is 2. The first kappa shape index (κ1) is 21.4. The quantitative estimate of drug-likeness (QED) is 0.640. The van der Waals surface area contributed by atoms with Crippen LogP contribution in [0.1, 0.15) is 20.8 Å².